The number of halogens is 1. The third-order valence-electron chi connectivity index (χ3n) is 2.96. The highest BCUT2D eigenvalue weighted by atomic mass is 79.9. The van der Waals surface area contributed by atoms with Crippen LogP contribution in [0.4, 0.5) is 0 Å². The maximum absolute atomic E-state index is 11.7. The highest BCUT2D eigenvalue weighted by Crippen LogP contribution is 2.25. The van der Waals surface area contributed by atoms with Gasteiger partial charge in [-0.3, -0.25) is 4.79 Å². The van der Waals surface area contributed by atoms with E-state index in [0.29, 0.717) is 24.0 Å². The van der Waals surface area contributed by atoms with Crippen LogP contribution in [-0.2, 0) is 6.61 Å². The molecule has 0 spiro atoms. The van der Waals surface area contributed by atoms with E-state index in [-0.39, 0.29) is 4.69 Å². The van der Waals surface area contributed by atoms with Crippen LogP contribution in [0.25, 0.3) is 0 Å². The lowest BCUT2D eigenvalue weighted by molar-refractivity contribution is 0.109. The molecule has 0 aliphatic carbocycles. The fourth-order valence-corrected chi connectivity index (χ4v) is 2.54. The highest BCUT2D eigenvalue weighted by molar-refractivity contribution is 9.18. The predicted molar refractivity (Wildman–Crippen MR) is 84.7 cm³/mol. The van der Waals surface area contributed by atoms with Crippen LogP contribution in [0.2, 0.25) is 0 Å². The van der Waals surface area contributed by atoms with Gasteiger partial charge in [0.15, 0.2) is 0 Å². The van der Waals surface area contributed by atoms with E-state index in [1.54, 1.807) is 18.3 Å². The van der Waals surface area contributed by atoms with Crippen LogP contribution < -0.4 is 4.74 Å². The van der Waals surface area contributed by atoms with Crippen molar-refractivity contribution in [2.75, 3.05) is 0 Å². The van der Waals surface area contributed by atoms with Gasteiger partial charge in [-0.15, -0.1) is 5.10 Å². The second-order valence-corrected chi connectivity index (χ2v) is 5.79. The summed E-state index contributed by atoms with van der Waals surface area (Å²) in [6.07, 6.45) is 1.68. The zero-order valence-electron chi connectivity index (χ0n) is 11.2. The fourth-order valence-electron chi connectivity index (χ4n) is 2.01. The number of carbonyl (C=O) groups excluding carboxylic acids is 1. The Morgan fingerprint density at radius 2 is 2.20 bits per heavy atom. The lowest BCUT2D eigenvalue weighted by Gasteiger charge is -2.15. The topological polar surface area (TPSA) is 44.1 Å². The van der Waals surface area contributed by atoms with Crippen molar-refractivity contribution in [1.29, 1.82) is 0 Å². The Morgan fingerprint density at radius 1 is 1.45 bits per heavy atom. The number of nitrogens with zero attached hydrogens (tertiary/aromatic N) is 2. The monoisotopic (exact) mass is 354 g/mol. The number of aromatic nitrogens is 2. The number of benzene rings is 1. The van der Waals surface area contributed by atoms with E-state index < -0.39 is 0 Å². The number of carbonyl (C=O) groups is 1. The quantitative estimate of drug-likeness (QED) is 0.655. The van der Waals surface area contributed by atoms with E-state index in [9.17, 15) is 4.79 Å². The molecule has 6 heteroatoms. The molecule has 106 valence electrons. The Labute approximate surface area is 131 Å². The van der Waals surface area contributed by atoms with Crippen LogP contribution in [0, 0.1) is 0 Å². The van der Waals surface area contributed by atoms with E-state index in [2.05, 4.69) is 47.7 Å². The SMILES string of the molecule is CC(C)c1cccc(C(=O)Br)c1COc1ccn(S)n1. The van der Waals surface area contributed by atoms with Crippen LogP contribution in [0.3, 0.4) is 0 Å². The van der Waals surface area contributed by atoms with Gasteiger partial charge in [-0.05, 0) is 40.2 Å². The Kier molecular flexibility index (Phi) is 4.88. The van der Waals surface area contributed by atoms with Gasteiger partial charge in [-0.25, -0.2) is 4.09 Å². The molecule has 1 aromatic carbocycles. The van der Waals surface area contributed by atoms with Crippen LogP contribution >= 0.6 is 28.7 Å². The van der Waals surface area contributed by atoms with Crippen LogP contribution in [0.15, 0.2) is 30.5 Å². The smallest absolute Gasteiger partial charge is 0.234 e. The summed E-state index contributed by atoms with van der Waals surface area (Å²) in [7, 11) is 0. The first-order valence-corrected chi connectivity index (χ1v) is 7.37. The molecule has 0 fully saturated rings. The summed E-state index contributed by atoms with van der Waals surface area (Å²) in [4.78, 5) is 11.7. The summed E-state index contributed by atoms with van der Waals surface area (Å²) in [5.74, 6) is 0.786. The molecule has 0 atom stereocenters. The van der Waals surface area contributed by atoms with E-state index in [4.69, 9.17) is 4.74 Å². The van der Waals surface area contributed by atoms with Crippen LogP contribution in [0.1, 0.15) is 41.3 Å². The number of hydrogen-bond donors (Lipinski definition) is 1. The molecule has 0 radical (unpaired) electrons. The highest BCUT2D eigenvalue weighted by Gasteiger charge is 2.15. The van der Waals surface area contributed by atoms with E-state index >= 15 is 0 Å². The van der Waals surface area contributed by atoms with E-state index in [1.165, 1.54) is 4.09 Å². The van der Waals surface area contributed by atoms with Crippen molar-refractivity contribution < 1.29 is 9.53 Å². The second-order valence-electron chi connectivity index (χ2n) is 4.66. The maximum Gasteiger partial charge on any atom is 0.234 e. The van der Waals surface area contributed by atoms with Gasteiger partial charge in [0, 0.05) is 23.4 Å². The van der Waals surface area contributed by atoms with Gasteiger partial charge in [-0.2, -0.15) is 0 Å². The van der Waals surface area contributed by atoms with Gasteiger partial charge in [0.05, 0.1) is 0 Å². The van der Waals surface area contributed by atoms with Gasteiger partial charge in [0.2, 0.25) is 10.6 Å². The van der Waals surface area contributed by atoms with Crippen molar-refractivity contribution in [2.45, 2.75) is 26.4 Å². The van der Waals surface area contributed by atoms with Crippen molar-refractivity contribution in [3.05, 3.63) is 47.2 Å². The minimum Gasteiger partial charge on any atom is -0.472 e. The number of thiol groups is 1. The first-order chi connectivity index (χ1) is 9.49. The molecular weight excluding hydrogens is 340 g/mol. The first-order valence-electron chi connectivity index (χ1n) is 6.18. The third-order valence-corrected chi connectivity index (χ3v) is 3.61. The van der Waals surface area contributed by atoms with Crippen LogP contribution in [-0.4, -0.2) is 13.9 Å². The molecule has 4 nitrogen and oxygen atoms in total. The molecule has 0 saturated carbocycles. The molecule has 2 aromatic rings. The Bertz CT molecular complexity index is 625. The third kappa shape index (κ3) is 3.43. The summed E-state index contributed by atoms with van der Waals surface area (Å²) in [6.45, 7) is 4.47. The van der Waals surface area contributed by atoms with E-state index in [1.807, 2.05) is 12.1 Å². The average molecular weight is 355 g/mol. The van der Waals surface area contributed by atoms with Crippen molar-refractivity contribution in [3.63, 3.8) is 0 Å². The summed E-state index contributed by atoms with van der Waals surface area (Å²) in [5, 5.41) is 4.04. The van der Waals surface area contributed by atoms with Crippen molar-refractivity contribution in [2.24, 2.45) is 0 Å². The van der Waals surface area contributed by atoms with Gasteiger partial charge in [0.1, 0.15) is 6.61 Å². The van der Waals surface area contributed by atoms with Crippen molar-refractivity contribution in [3.8, 4) is 5.88 Å². The molecule has 0 unspecified atom stereocenters. The molecule has 1 aromatic heterocycles. The molecule has 20 heavy (non-hydrogen) atoms. The predicted octanol–water partition coefficient (Wildman–Crippen LogP) is 3.81. The molecule has 0 bridgehead atoms. The van der Waals surface area contributed by atoms with Gasteiger partial charge >= 0.3 is 0 Å². The number of rotatable bonds is 5. The number of hydrogen-bond acceptors (Lipinski definition) is 4. The summed E-state index contributed by atoms with van der Waals surface area (Å²) < 4.78 is 6.88. The molecule has 2 rings (SSSR count). The standard InChI is InChI=1S/C14H15BrN2O2S/c1-9(2)10-4-3-5-11(14(15)18)12(10)8-19-13-6-7-17(20)16-13/h3-7,9,20H,8H2,1-2H3. The molecule has 0 amide bonds. The molecule has 0 N–H and O–H groups in total. The Morgan fingerprint density at radius 3 is 2.75 bits per heavy atom. The van der Waals surface area contributed by atoms with Gasteiger partial charge in [0.25, 0.3) is 0 Å². The zero-order valence-corrected chi connectivity index (χ0v) is 13.7. The largest absolute Gasteiger partial charge is 0.472 e. The molecule has 1 heterocycles. The minimum absolute atomic E-state index is 0.140. The lowest BCUT2D eigenvalue weighted by Crippen LogP contribution is -2.08. The summed E-state index contributed by atoms with van der Waals surface area (Å²) in [6, 6.07) is 7.41. The molecule has 0 aliphatic rings. The van der Waals surface area contributed by atoms with E-state index in [0.717, 1.165) is 11.1 Å². The number of ether oxygens (including phenoxy) is 1. The van der Waals surface area contributed by atoms with Crippen LogP contribution in [0.5, 0.6) is 5.88 Å². The first kappa shape index (κ1) is 15.1. The fraction of sp³-hybridized carbons (Fsp3) is 0.286. The lowest BCUT2D eigenvalue weighted by atomic mass is 9.94. The van der Waals surface area contributed by atoms with Gasteiger partial charge < -0.3 is 4.74 Å². The Hall–Kier alpha value is -1.27. The normalized spacial score (nSPS) is 10.8. The Balaban J connectivity index is 2.30. The minimum atomic E-state index is -0.140. The van der Waals surface area contributed by atoms with Crippen molar-refractivity contribution in [1.82, 2.24) is 9.19 Å². The molecular formula is C14H15BrN2O2S. The summed E-state index contributed by atoms with van der Waals surface area (Å²) in [5.41, 5.74) is 2.61. The summed E-state index contributed by atoms with van der Waals surface area (Å²) >= 11 is 7.08. The van der Waals surface area contributed by atoms with Crippen molar-refractivity contribution >= 4 is 33.4 Å². The zero-order chi connectivity index (χ0) is 14.7. The molecule has 0 aliphatic heterocycles. The maximum atomic E-state index is 11.7. The average Bonchev–Trinajstić information content (AvgIpc) is 2.81. The second kappa shape index (κ2) is 6.45. The van der Waals surface area contributed by atoms with Gasteiger partial charge in [-0.1, -0.05) is 32.0 Å². The molecule has 0 saturated heterocycles.